The molecule has 2 aromatic carbocycles. The predicted molar refractivity (Wildman–Crippen MR) is 107 cm³/mol. The molecule has 1 aliphatic heterocycles. The summed E-state index contributed by atoms with van der Waals surface area (Å²) in [6.45, 7) is 1.55. The van der Waals surface area contributed by atoms with Gasteiger partial charge in [0.15, 0.2) is 0 Å². The molecule has 0 atom stereocenters. The number of nitrogens with one attached hydrogen (secondary N) is 1. The first-order valence-electron chi connectivity index (χ1n) is 8.89. The van der Waals surface area contributed by atoms with Crippen molar-refractivity contribution in [2.75, 3.05) is 13.1 Å². The van der Waals surface area contributed by atoms with Crippen LogP contribution in [0, 0.1) is 0 Å². The third-order valence-electron chi connectivity index (χ3n) is 4.56. The molecule has 1 fully saturated rings. The third kappa shape index (κ3) is 5.30. The number of benzene rings is 2. The average molecular weight is 423 g/mol. The number of carbonyl (C=O) groups excluding carboxylic acids is 1. The molecule has 28 heavy (non-hydrogen) atoms. The molecule has 2 N–H and O–H groups in total. The van der Waals surface area contributed by atoms with Crippen molar-refractivity contribution in [1.29, 1.82) is 0 Å². The van der Waals surface area contributed by atoms with E-state index >= 15 is 0 Å². The zero-order valence-electron chi connectivity index (χ0n) is 15.0. The van der Waals surface area contributed by atoms with Crippen LogP contribution in [0.25, 0.3) is 0 Å². The summed E-state index contributed by atoms with van der Waals surface area (Å²) in [6, 6.07) is 11.5. The minimum atomic E-state index is -0.966. The molecule has 1 aliphatic rings. The number of carboxylic acid groups (broad SMARTS) is 1. The molecular weight excluding hydrogens is 403 g/mol. The summed E-state index contributed by atoms with van der Waals surface area (Å²) in [7, 11) is 0. The van der Waals surface area contributed by atoms with Crippen molar-refractivity contribution >= 4 is 35.2 Å². The summed E-state index contributed by atoms with van der Waals surface area (Å²) in [5.74, 6) is -0.334. The van der Waals surface area contributed by atoms with Crippen molar-refractivity contribution in [2.45, 2.75) is 25.5 Å². The Kier molecular flexibility index (Phi) is 6.65. The van der Waals surface area contributed by atoms with Gasteiger partial charge in [-0.2, -0.15) is 0 Å². The summed E-state index contributed by atoms with van der Waals surface area (Å²) >= 11 is 11.9. The van der Waals surface area contributed by atoms with Crippen LogP contribution >= 0.6 is 23.2 Å². The highest BCUT2D eigenvalue weighted by Gasteiger charge is 2.24. The number of amides is 2. The van der Waals surface area contributed by atoms with Crippen molar-refractivity contribution in [1.82, 2.24) is 10.2 Å². The fraction of sp³-hybridized carbons (Fsp3) is 0.300. The number of hydrogen-bond acceptors (Lipinski definition) is 3. The van der Waals surface area contributed by atoms with Gasteiger partial charge in [0.25, 0.3) is 0 Å². The van der Waals surface area contributed by atoms with Crippen LogP contribution in [-0.2, 0) is 6.54 Å². The lowest BCUT2D eigenvalue weighted by Crippen LogP contribution is -2.46. The molecule has 0 spiro atoms. The molecule has 2 aromatic rings. The van der Waals surface area contributed by atoms with Crippen molar-refractivity contribution in [2.24, 2.45) is 0 Å². The van der Waals surface area contributed by atoms with E-state index < -0.39 is 5.97 Å². The highest BCUT2D eigenvalue weighted by Crippen LogP contribution is 2.23. The Morgan fingerprint density at radius 3 is 2.36 bits per heavy atom. The number of nitrogens with zero attached hydrogens (tertiary/aromatic N) is 1. The number of rotatable bonds is 5. The van der Waals surface area contributed by atoms with Crippen molar-refractivity contribution in [3.05, 3.63) is 63.6 Å². The molecular formula is C20H20Cl2N2O4. The number of piperidine rings is 1. The van der Waals surface area contributed by atoms with E-state index in [4.69, 9.17) is 33.0 Å². The number of likely N-dealkylation sites (tertiary alicyclic amines) is 1. The Labute approximate surface area is 173 Å². The first-order valence-corrected chi connectivity index (χ1v) is 9.64. The van der Waals surface area contributed by atoms with Crippen LogP contribution in [0.2, 0.25) is 10.0 Å². The van der Waals surface area contributed by atoms with Crippen molar-refractivity contribution < 1.29 is 19.4 Å². The second-order valence-electron chi connectivity index (χ2n) is 6.54. The molecule has 0 unspecified atom stereocenters. The molecule has 1 heterocycles. The maximum Gasteiger partial charge on any atom is 0.335 e. The number of halogens is 2. The van der Waals surface area contributed by atoms with Gasteiger partial charge in [0.1, 0.15) is 11.9 Å². The molecule has 8 heteroatoms. The molecule has 1 saturated heterocycles. The van der Waals surface area contributed by atoms with E-state index in [9.17, 15) is 9.59 Å². The quantitative estimate of drug-likeness (QED) is 0.745. The lowest BCUT2D eigenvalue weighted by atomic mass is 10.1. The molecule has 0 aromatic heterocycles. The fourth-order valence-electron chi connectivity index (χ4n) is 2.98. The van der Waals surface area contributed by atoms with E-state index in [0.29, 0.717) is 48.3 Å². The number of hydrogen-bond donors (Lipinski definition) is 2. The summed E-state index contributed by atoms with van der Waals surface area (Å²) < 4.78 is 5.89. The molecule has 6 nitrogen and oxygen atoms in total. The minimum absolute atomic E-state index is 0.00481. The molecule has 2 amide bonds. The third-order valence-corrected chi connectivity index (χ3v) is 5.30. The van der Waals surface area contributed by atoms with E-state index in [1.807, 2.05) is 6.07 Å². The van der Waals surface area contributed by atoms with Crippen molar-refractivity contribution in [3.8, 4) is 5.75 Å². The van der Waals surface area contributed by atoms with Crippen LogP contribution in [0.1, 0.15) is 28.8 Å². The maximum atomic E-state index is 12.3. The average Bonchev–Trinajstić information content (AvgIpc) is 2.69. The fourth-order valence-corrected chi connectivity index (χ4v) is 3.31. The number of urea groups is 1. The Morgan fingerprint density at radius 2 is 1.75 bits per heavy atom. The van der Waals surface area contributed by atoms with Gasteiger partial charge in [-0.25, -0.2) is 9.59 Å². The standard InChI is InChI=1S/C20H20Cl2N2O4/c21-17-6-1-13(11-18(17)22)12-23-20(27)24-9-7-16(8-10-24)28-15-4-2-14(3-5-15)19(25)26/h1-6,11,16H,7-10,12H2,(H,23,27)(H,25,26). The van der Waals surface area contributed by atoms with Crippen molar-refractivity contribution in [3.63, 3.8) is 0 Å². The van der Waals surface area contributed by atoms with Crippen LogP contribution in [0.5, 0.6) is 5.75 Å². The molecule has 0 aliphatic carbocycles. The predicted octanol–water partition coefficient (Wildman–Crippen LogP) is 4.44. The van der Waals surface area contributed by atoms with Crippen LogP contribution in [0.4, 0.5) is 4.79 Å². The monoisotopic (exact) mass is 422 g/mol. The molecule has 3 rings (SSSR count). The zero-order chi connectivity index (χ0) is 20.1. The largest absolute Gasteiger partial charge is 0.490 e. The second kappa shape index (κ2) is 9.17. The highest BCUT2D eigenvalue weighted by atomic mass is 35.5. The summed E-state index contributed by atoms with van der Waals surface area (Å²) in [5.41, 5.74) is 1.10. The molecule has 0 bridgehead atoms. The van der Waals surface area contributed by atoms with Gasteiger partial charge in [0.05, 0.1) is 15.6 Å². The summed E-state index contributed by atoms with van der Waals surface area (Å²) in [6.07, 6.45) is 1.41. The Bertz CT molecular complexity index is 850. The minimum Gasteiger partial charge on any atom is -0.490 e. The molecule has 148 valence electrons. The van der Waals surface area contributed by atoms with E-state index in [0.717, 1.165) is 5.56 Å². The van der Waals surface area contributed by atoms with Crippen LogP contribution in [-0.4, -0.2) is 41.2 Å². The second-order valence-corrected chi connectivity index (χ2v) is 7.36. The van der Waals surface area contributed by atoms with Gasteiger partial charge in [-0.15, -0.1) is 0 Å². The first kappa shape index (κ1) is 20.3. The van der Waals surface area contributed by atoms with Gasteiger partial charge in [-0.05, 0) is 42.0 Å². The summed E-state index contributed by atoms with van der Waals surface area (Å²) in [5, 5.41) is 12.8. The SMILES string of the molecule is O=C(O)c1ccc(OC2CCN(C(=O)NCc3ccc(Cl)c(Cl)c3)CC2)cc1. The van der Waals surface area contributed by atoms with E-state index in [1.165, 1.54) is 12.1 Å². The Balaban J connectivity index is 1.44. The normalized spacial score (nSPS) is 14.6. The smallest absolute Gasteiger partial charge is 0.335 e. The van der Waals surface area contributed by atoms with E-state index in [2.05, 4.69) is 5.32 Å². The van der Waals surface area contributed by atoms with Crippen LogP contribution in [0.15, 0.2) is 42.5 Å². The van der Waals surface area contributed by atoms with Gasteiger partial charge in [-0.1, -0.05) is 29.3 Å². The van der Waals surface area contributed by atoms with Crippen LogP contribution in [0.3, 0.4) is 0 Å². The molecule has 0 radical (unpaired) electrons. The van der Waals surface area contributed by atoms with Gasteiger partial charge < -0.3 is 20.1 Å². The number of carboxylic acids is 1. The number of ether oxygens (including phenoxy) is 1. The summed E-state index contributed by atoms with van der Waals surface area (Å²) in [4.78, 5) is 25.0. The molecule has 0 saturated carbocycles. The van der Waals surface area contributed by atoms with Crippen LogP contribution < -0.4 is 10.1 Å². The van der Waals surface area contributed by atoms with Gasteiger partial charge >= 0.3 is 12.0 Å². The topological polar surface area (TPSA) is 78.9 Å². The van der Waals surface area contributed by atoms with Gasteiger partial charge in [0, 0.05) is 32.5 Å². The highest BCUT2D eigenvalue weighted by molar-refractivity contribution is 6.42. The Hall–Kier alpha value is -2.44. The number of aromatic carboxylic acids is 1. The lowest BCUT2D eigenvalue weighted by molar-refractivity contribution is 0.0697. The first-order chi connectivity index (χ1) is 13.4. The van der Waals surface area contributed by atoms with E-state index in [-0.39, 0.29) is 17.7 Å². The Morgan fingerprint density at radius 1 is 1.07 bits per heavy atom. The van der Waals surface area contributed by atoms with Gasteiger partial charge in [-0.3, -0.25) is 0 Å². The number of carbonyl (C=O) groups is 2. The van der Waals surface area contributed by atoms with E-state index in [1.54, 1.807) is 29.2 Å². The van der Waals surface area contributed by atoms with Gasteiger partial charge in [0.2, 0.25) is 0 Å². The maximum absolute atomic E-state index is 12.3. The zero-order valence-corrected chi connectivity index (χ0v) is 16.5. The lowest BCUT2D eigenvalue weighted by Gasteiger charge is -2.32.